The number of nitriles is 1. The normalized spacial score (nSPS) is 10.6. The van der Waals surface area contributed by atoms with Crippen molar-refractivity contribution in [1.29, 1.82) is 5.26 Å². The van der Waals surface area contributed by atoms with Crippen molar-refractivity contribution < 1.29 is 19.0 Å². The maximum absolute atomic E-state index is 12.5. The highest BCUT2D eigenvalue weighted by Gasteiger charge is 2.18. The van der Waals surface area contributed by atoms with Crippen LogP contribution in [0.5, 0.6) is 17.2 Å². The highest BCUT2D eigenvalue weighted by Crippen LogP contribution is 2.33. The van der Waals surface area contributed by atoms with Crippen molar-refractivity contribution >= 4 is 28.7 Å². The molecular formula is C32H29N5O4. The molecule has 41 heavy (non-hydrogen) atoms. The van der Waals surface area contributed by atoms with Crippen molar-refractivity contribution in [3.63, 3.8) is 0 Å². The van der Waals surface area contributed by atoms with E-state index in [0.717, 1.165) is 34.7 Å². The third-order valence-electron chi connectivity index (χ3n) is 6.52. The third kappa shape index (κ3) is 6.57. The molecule has 9 nitrogen and oxygen atoms in total. The van der Waals surface area contributed by atoms with Crippen LogP contribution in [0.25, 0.3) is 5.52 Å². The molecule has 0 aliphatic carbocycles. The van der Waals surface area contributed by atoms with Gasteiger partial charge in [-0.2, -0.15) is 10.4 Å². The fourth-order valence-corrected chi connectivity index (χ4v) is 4.38. The zero-order chi connectivity index (χ0) is 28.6. The number of hydrogen-bond acceptors (Lipinski definition) is 7. The molecule has 5 rings (SSSR count). The Balaban J connectivity index is 1.25. The lowest BCUT2D eigenvalue weighted by Crippen LogP contribution is -2.14. The van der Waals surface area contributed by atoms with Gasteiger partial charge in [-0.1, -0.05) is 30.3 Å². The lowest BCUT2D eigenvalue weighted by Gasteiger charge is -2.12. The summed E-state index contributed by atoms with van der Waals surface area (Å²) in [5.41, 5.74) is 4.82. The number of amides is 1. The molecule has 2 aromatic heterocycles. The fraction of sp³-hybridized carbons (Fsp3) is 0.156. The number of hydrogen-bond donors (Lipinski definition) is 2. The number of carbonyl (C=O) groups is 1. The summed E-state index contributed by atoms with van der Waals surface area (Å²) in [6.45, 7) is 2.14. The van der Waals surface area contributed by atoms with E-state index in [9.17, 15) is 10.1 Å². The standard InChI is InChI=1S/C32H29N5O4/c1-22-29(36-32(38)40-18-6-7-23-10-14-26(39-2)15-11-23)21-37-31(22)30(24(19-33)20-34-37)35-25-12-16-28(17-13-25)41-27-8-4-3-5-9-27/h3-5,8-17,20-21,35H,6-7,18H2,1-2H3,(H,36,38). The molecule has 0 saturated carbocycles. The average molecular weight is 548 g/mol. The van der Waals surface area contributed by atoms with Crippen LogP contribution >= 0.6 is 0 Å². The summed E-state index contributed by atoms with van der Waals surface area (Å²) < 4.78 is 18.1. The van der Waals surface area contributed by atoms with E-state index in [4.69, 9.17) is 14.2 Å². The summed E-state index contributed by atoms with van der Waals surface area (Å²) in [5.74, 6) is 2.24. The van der Waals surface area contributed by atoms with Gasteiger partial charge in [0.1, 0.15) is 23.3 Å². The van der Waals surface area contributed by atoms with E-state index in [2.05, 4.69) is 21.8 Å². The van der Waals surface area contributed by atoms with Crippen LogP contribution in [-0.2, 0) is 11.2 Å². The van der Waals surface area contributed by atoms with Crippen LogP contribution in [0.1, 0.15) is 23.1 Å². The van der Waals surface area contributed by atoms with Crippen LogP contribution < -0.4 is 20.1 Å². The van der Waals surface area contributed by atoms with Gasteiger partial charge < -0.3 is 19.5 Å². The third-order valence-corrected chi connectivity index (χ3v) is 6.52. The molecule has 0 spiro atoms. The Bertz CT molecular complexity index is 1670. The Kier molecular flexibility index (Phi) is 8.31. The molecule has 0 aliphatic heterocycles. The molecule has 2 N–H and O–H groups in total. The molecule has 206 valence electrons. The van der Waals surface area contributed by atoms with Gasteiger partial charge >= 0.3 is 6.09 Å². The average Bonchev–Trinajstić information content (AvgIpc) is 3.32. The largest absolute Gasteiger partial charge is 0.497 e. The van der Waals surface area contributed by atoms with Crippen LogP contribution in [0, 0.1) is 18.3 Å². The molecule has 1 amide bonds. The van der Waals surface area contributed by atoms with Crippen molar-refractivity contribution in [1.82, 2.24) is 9.61 Å². The zero-order valence-electron chi connectivity index (χ0n) is 22.8. The number of nitrogens with one attached hydrogen (secondary N) is 2. The molecule has 0 saturated heterocycles. The predicted molar refractivity (Wildman–Crippen MR) is 157 cm³/mol. The van der Waals surface area contributed by atoms with Crippen LogP contribution in [0.2, 0.25) is 0 Å². The first-order valence-electron chi connectivity index (χ1n) is 13.1. The van der Waals surface area contributed by atoms with Crippen molar-refractivity contribution in [2.24, 2.45) is 0 Å². The van der Waals surface area contributed by atoms with E-state index < -0.39 is 6.09 Å². The van der Waals surface area contributed by atoms with Crippen molar-refractivity contribution in [2.45, 2.75) is 19.8 Å². The number of para-hydroxylation sites is 1. The smallest absolute Gasteiger partial charge is 0.411 e. The number of ether oxygens (including phenoxy) is 3. The van der Waals surface area contributed by atoms with Gasteiger partial charge in [0.05, 0.1) is 48.6 Å². The molecule has 2 heterocycles. The molecule has 9 heteroatoms. The van der Waals surface area contributed by atoms with Crippen LogP contribution in [-0.4, -0.2) is 29.4 Å². The lowest BCUT2D eigenvalue weighted by molar-refractivity contribution is 0.160. The van der Waals surface area contributed by atoms with Gasteiger partial charge in [-0.15, -0.1) is 0 Å². The predicted octanol–water partition coefficient (Wildman–Crippen LogP) is 7.24. The lowest BCUT2D eigenvalue weighted by atomic mass is 10.1. The number of nitrogens with zero attached hydrogens (tertiary/aromatic N) is 3. The Labute approximate surface area is 237 Å². The molecule has 5 aromatic rings. The van der Waals surface area contributed by atoms with Gasteiger partial charge in [-0.3, -0.25) is 5.32 Å². The number of methoxy groups -OCH3 is 1. The van der Waals surface area contributed by atoms with Crippen molar-refractivity contribution in [3.8, 4) is 23.3 Å². The second-order valence-corrected chi connectivity index (χ2v) is 9.28. The quantitative estimate of drug-likeness (QED) is 0.177. The molecule has 3 aromatic carbocycles. The van der Waals surface area contributed by atoms with E-state index in [1.165, 1.54) is 6.20 Å². The summed E-state index contributed by atoms with van der Waals surface area (Å²) in [7, 11) is 1.63. The first kappa shape index (κ1) is 27.1. The number of aryl methyl sites for hydroxylation is 2. The maximum Gasteiger partial charge on any atom is 0.411 e. The van der Waals surface area contributed by atoms with Gasteiger partial charge in [-0.25, -0.2) is 9.31 Å². The monoisotopic (exact) mass is 547 g/mol. The van der Waals surface area contributed by atoms with Gasteiger partial charge in [-0.05, 0) is 73.9 Å². The zero-order valence-corrected chi connectivity index (χ0v) is 22.8. The molecule has 0 bridgehead atoms. The maximum atomic E-state index is 12.5. The first-order chi connectivity index (χ1) is 20.0. The molecule has 0 fully saturated rings. The van der Waals surface area contributed by atoms with E-state index in [-0.39, 0.29) is 6.61 Å². The number of fused-ring (bicyclic) bond motifs is 1. The summed E-state index contributed by atoms with van der Waals surface area (Å²) in [6, 6.07) is 27.0. The Morgan fingerprint density at radius 2 is 1.68 bits per heavy atom. The summed E-state index contributed by atoms with van der Waals surface area (Å²) in [6.07, 6.45) is 4.10. The number of anilines is 3. The van der Waals surface area contributed by atoms with E-state index in [0.29, 0.717) is 34.6 Å². The van der Waals surface area contributed by atoms with E-state index >= 15 is 0 Å². The summed E-state index contributed by atoms with van der Waals surface area (Å²) in [5, 5.41) is 20.3. The summed E-state index contributed by atoms with van der Waals surface area (Å²) in [4.78, 5) is 12.5. The number of carbonyl (C=O) groups excluding carboxylic acids is 1. The number of aromatic nitrogens is 2. The van der Waals surface area contributed by atoms with Gasteiger partial charge in [0.2, 0.25) is 0 Å². The van der Waals surface area contributed by atoms with Gasteiger partial charge in [0.25, 0.3) is 0 Å². The molecule has 0 atom stereocenters. The SMILES string of the molecule is COc1ccc(CCCOC(=O)Nc2cn3ncc(C#N)c(Nc4ccc(Oc5ccccc5)cc4)c3c2C)cc1. The topological polar surface area (TPSA) is 110 Å². The van der Waals surface area contributed by atoms with Crippen molar-refractivity contribution in [2.75, 3.05) is 24.4 Å². The van der Waals surface area contributed by atoms with Gasteiger partial charge in [0.15, 0.2) is 0 Å². The number of rotatable bonds is 10. The molecule has 0 unspecified atom stereocenters. The minimum atomic E-state index is -0.553. The molecule has 0 aliphatic rings. The number of benzene rings is 3. The Morgan fingerprint density at radius 1 is 0.976 bits per heavy atom. The van der Waals surface area contributed by atoms with Crippen LogP contribution in [0.4, 0.5) is 21.9 Å². The second kappa shape index (κ2) is 12.6. The van der Waals surface area contributed by atoms with E-state index in [1.54, 1.807) is 17.8 Å². The highest BCUT2D eigenvalue weighted by atomic mass is 16.5. The minimum Gasteiger partial charge on any atom is -0.497 e. The van der Waals surface area contributed by atoms with Gasteiger partial charge in [0, 0.05) is 11.3 Å². The van der Waals surface area contributed by atoms with E-state index in [1.807, 2.05) is 85.8 Å². The Hall–Kier alpha value is -5.49. The minimum absolute atomic E-state index is 0.276. The second-order valence-electron chi connectivity index (χ2n) is 9.28. The fourth-order valence-electron chi connectivity index (χ4n) is 4.38. The highest BCUT2D eigenvalue weighted by molar-refractivity contribution is 5.92. The Morgan fingerprint density at radius 3 is 2.39 bits per heavy atom. The van der Waals surface area contributed by atoms with Crippen molar-refractivity contribution in [3.05, 3.63) is 108 Å². The van der Waals surface area contributed by atoms with Crippen LogP contribution in [0.15, 0.2) is 91.3 Å². The molecular weight excluding hydrogens is 518 g/mol. The summed E-state index contributed by atoms with van der Waals surface area (Å²) >= 11 is 0. The first-order valence-corrected chi connectivity index (χ1v) is 13.1. The van der Waals surface area contributed by atoms with Crippen LogP contribution in [0.3, 0.4) is 0 Å². The molecule has 0 radical (unpaired) electrons.